The van der Waals surface area contributed by atoms with Gasteiger partial charge in [-0.15, -0.1) is 0 Å². The molecule has 4 nitrogen and oxygen atoms in total. The van der Waals surface area contributed by atoms with E-state index in [2.05, 4.69) is 232 Å². The van der Waals surface area contributed by atoms with E-state index in [0.29, 0.717) is 0 Å². The zero-order valence-electron chi connectivity index (χ0n) is 44.8. The lowest BCUT2D eigenvalue weighted by atomic mass is 9.58. The summed E-state index contributed by atoms with van der Waals surface area (Å²) < 4.78 is 14.1. The van der Waals surface area contributed by atoms with E-state index >= 15 is 0 Å². The Labute approximate surface area is 436 Å². The molecule has 0 fully saturated rings. The van der Waals surface area contributed by atoms with E-state index in [0.717, 1.165) is 57.7 Å². The third-order valence-corrected chi connectivity index (χ3v) is 19.3. The molecule has 1 unspecified atom stereocenters. The number of nitrogens with zero attached hydrogens (tertiary/aromatic N) is 2. The molecule has 1 aromatic heterocycles. The van der Waals surface area contributed by atoms with Crippen molar-refractivity contribution in [2.75, 3.05) is 9.80 Å². The van der Waals surface area contributed by atoms with Crippen LogP contribution in [0, 0.1) is 6.92 Å². The summed E-state index contributed by atoms with van der Waals surface area (Å²) in [4.78, 5) is 5.25. The van der Waals surface area contributed by atoms with Gasteiger partial charge in [0.25, 0.3) is 0 Å². The Balaban J connectivity index is 1.06. The minimum Gasteiger partial charge on any atom is -0.457 e. The fourth-order valence-electron chi connectivity index (χ4n) is 15.4. The van der Waals surface area contributed by atoms with Crippen molar-refractivity contribution in [3.05, 3.63) is 223 Å². The molecule has 0 saturated heterocycles. The highest BCUT2D eigenvalue weighted by molar-refractivity contribution is 6.12. The van der Waals surface area contributed by atoms with Crippen LogP contribution >= 0.6 is 0 Å². The van der Waals surface area contributed by atoms with Crippen LogP contribution in [0.15, 0.2) is 156 Å². The molecule has 0 amide bonds. The van der Waals surface area contributed by atoms with Crippen molar-refractivity contribution in [3.63, 3.8) is 0 Å². The minimum atomic E-state index is -0.318. The second-order valence-electron chi connectivity index (χ2n) is 25.6. The fourth-order valence-corrected chi connectivity index (χ4v) is 15.4. The number of rotatable bonds is 2. The average molecular weight is 965 g/mol. The van der Waals surface area contributed by atoms with Gasteiger partial charge in [0.15, 0.2) is 5.58 Å². The Morgan fingerprint density at radius 2 is 1.14 bits per heavy atom. The summed E-state index contributed by atoms with van der Waals surface area (Å²) in [5, 5.41) is 2.24. The third kappa shape index (κ3) is 5.59. The number of benzene rings is 8. The van der Waals surface area contributed by atoms with Gasteiger partial charge in [-0.25, -0.2) is 0 Å². The first-order chi connectivity index (χ1) is 35.4. The van der Waals surface area contributed by atoms with Gasteiger partial charge in [-0.2, -0.15) is 0 Å². The Morgan fingerprint density at radius 1 is 0.486 bits per heavy atom. The van der Waals surface area contributed by atoms with Crippen LogP contribution in [-0.4, -0.2) is 0 Å². The number of para-hydroxylation sites is 3. The number of furan rings is 1. The van der Waals surface area contributed by atoms with Gasteiger partial charge in [-0.1, -0.05) is 160 Å². The predicted molar refractivity (Wildman–Crippen MR) is 305 cm³/mol. The molecule has 9 aromatic rings. The lowest BCUT2D eigenvalue weighted by molar-refractivity contribution is 0.332. The standard InChI is InChI=1S/C70H64N2O2/c1-39-33-56-62-57(34-39)72(54-24-18-20-43-41-19-12-16-25-58(41)74-65(43)54)55-38-60-53(69(8,9)50-23-15-17-26-59(50)73-60)37-45(55)61(62)46-36-44-42(28-30-51-63(44)70(10,11)49-22-14-13-21-48(49)68(51,6)7)64(46)71(56)40-27-29-47-52(35-40)67(4,5)32-31-66(47,2)3/h12-30,33-35,37-38,61H,31-32,36H2,1-11H3. The molecular formula is C70H64N2O2. The van der Waals surface area contributed by atoms with Gasteiger partial charge in [0, 0.05) is 66.9 Å². The fraction of sp³-hybridized carbons (Fsp3) is 0.286. The van der Waals surface area contributed by atoms with Gasteiger partial charge in [0.1, 0.15) is 17.1 Å². The molecule has 8 aromatic carbocycles. The molecule has 4 heteroatoms. The largest absolute Gasteiger partial charge is 0.457 e. The van der Waals surface area contributed by atoms with Crippen LogP contribution in [0.5, 0.6) is 11.5 Å². The number of aryl methyl sites for hydroxylation is 1. The quantitative estimate of drug-likeness (QED) is 0.173. The molecule has 0 spiro atoms. The lowest BCUT2D eigenvalue weighted by Gasteiger charge is -2.47. The van der Waals surface area contributed by atoms with E-state index in [1.807, 2.05) is 0 Å². The van der Waals surface area contributed by atoms with Crippen LogP contribution < -0.4 is 14.5 Å². The zero-order chi connectivity index (χ0) is 50.7. The maximum absolute atomic E-state index is 7.07. The maximum atomic E-state index is 7.07. The molecule has 0 bridgehead atoms. The van der Waals surface area contributed by atoms with Gasteiger partial charge in [-0.3, -0.25) is 0 Å². The first-order valence-corrected chi connectivity index (χ1v) is 27.1. The van der Waals surface area contributed by atoms with Crippen molar-refractivity contribution in [2.45, 2.75) is 128 Å². The van der Waals surface area contributed by atoms with E-state index in [4.69, 9.17) is 9.15 Å². The minimum absolute atomic E-state index is 0.0334. The van der Waals surface area contributed by atoms with Crippen LogP contribution in [0.1, 0.15) is 160 Å². The van der Waals surface area contributed by atoms with Gasteiger partial charge in [0.2, 0.25) is 0 Å². The number of hydrogen-bond acceptors (Lipinski definition) is 4. The molecule has 0 N–H and O–H groups in total. The number of anilines is 5. The summed E-state index contributed by atoms with van der Waals surface area (Å²) in [5.41, 5.74) is 27.7. The van der Waals surface area contributed by atoms with E-state index < -0.39 is 0 Å². The number of hydrogen-bond donors (Lipinski definition) is 0. The summed E-state index contributed by atoms with van der Waals surface area (Å²) in [6.07, 6.45) is 3.18. The van der Waals surface area contributed by atoms with Gasteiger partial charge in [0.05, 0.1) is 28.4 Å². The molecule has 3 aliphatic carbocycles. The molecule has 0 radical (unpaired) electrons. The third-order valence-electron chi connectivity index (χ3n) is 19.3. The molecular weight excluding hydrogens is 901 g/mol. The van der Waals surface area contributed by atoms with Gasteiger partial charge >= 0.3 is 0 Å². The Hall–Kier alpha value is -7.30. The molecule has 1 atom stereocenters. The smallest absolute Gasteiger partial charge is 0.159 e. The van der Waals surface area contributed by atoms with E-state index in [-0.39, 0.29) is 33.0 Å². The number of ether oxygens (including phenoxy) is 1. The molecule has 366 valence electrons. The predicted octanol–water partition coefficient (Wildman–Crippen LogP) is 18.7. The highest BCUT2D eigenvalue weighted by atomic mass is 16.5. The van der Waals surface area contributed by atoms with Crippen LogP contribution in [0.4, 0.5) is 28.4 Å². The SMILES string of the molecule is Cc1cc2c3c(c1)N(c1cccc4c1oc1ccccc14)c1cc4c(cc1C3C1=C(c3ccc5c(c3C1)C(C)(C)c1ccccc1C5(C)C)N2c1ccc2c(c1)C(C)(C)CCC2(C)C)C(C)(C)c1ccccc1O4. The Kier molecular flexibility index (Phi) is 8.54. The van der Waals surface area contributed by atoms with Crippen molar-refractivity contribution in [1.29, 1.82) is 0 Å². The Morgan fingerprint density at radius 3 is 1.92 bits per heavy atom. The molecule has 0 saturated carbocycles. The maximum Gasteiger partial charge on any atom is 0.159 e. The first kappa shape index (κ1) is 44.2. The molecule has 4 heterocycles. The van der Waals surface area contributed by atoms with Crippen molar-refractivity contribution >= 4 is 56.1 Å². The zero-order valence-corrected chi connectivity index (χ0v) is 44.8. The highest BCUT2D eigenvalue weighted by Crippen LogP contribution is 2.66. The van der Waals surface area contributed by atoms with E-state index in [9.17, 15) is 0 Å². The summed E-state index contributed by atoms with van der Waals surface area (Å²) >= 11 is 0. The normalized spacial score (nSPS) is 20.1. The topological polar surface area (TPSA) is 28.9 Å². The van der Waals surface area contributed by atoms with Gasteiger partial charge in [-0.05, 0) is 141 Å². The number of fused-ring (bicyclic) bond motifs is 14. The van der Waals surface area contributed by atoms with Gasteiger partial charge < -0.3 is 19.0 Å². The van der Waals surface area contributed by atoms with Crippen molar-refractivity contribution in [2.24, 2.45) is 0 Å². The van der Waals surface area contributed by atoms with Crippen molar-refractivity contribution < 1.29 is 9.15 Å². The summed E-state index contributed by atoms with van der Waals surface area (Å²) in [6.45, 7) is 26.7. The van der Waals surface area contributed by atoms with Crippen molar-refractivity contribution in [3.8, 4) is 11.5 Å². The Bertz CT molecular complexity index is 4040. The first-order valence-electron chi connectivity index (χ1n) is 27.1. The average Bonchev–Trinajstić information content (AvgIpc) is 3.98. The summed E-state index contributed by atoms with van der Waals surface area (Å²) in [5.74, 6) is 1.78. The summed E-state index contributed by atoms with van der Waals surface area (Å²) in [6, 6.07) is 55.5. The van der Waals surface area contributed by atoms with Crippen LogP contribution in [-0.2, 0) is 33.5 Å². The molecule has 3 aliphatic heterocycles. The van der Waals surface area contributed by atoms with Crippen LogP contribution in [0.25, 0.3) is 27.6 Å². The highest BCUT2D eigenvalue weighted by Gasteiger charge is 2.51. The molecule has 6 aliphatic rings. The molecule has 74 heavy (non-hydrogen) atoms. The lowest BCUT2D eigenvalue weighted by Crippen LogP contribution is -2.37. The van der Waals surface area contributed by atoms with E-state index in [1.54, 1.807) is 0 Å². The molecule has 15 rings (SSSR count). The van der Waals surface area contributed by atoms with Crippen LogP contribution in [0.3, 0.4) is 0 Å². The van der Waals surface area contributed by atoms with E-state index in [1.165, 1.54) is 107 Å². The monoisotopic (exact) mass is 964 g/mol. The summed E-state index contributed by atoms with van der Waals surface area (Å²) in [7, 11) is 0. The second kappa shape index (κ2) is 14.3. The second-order valence-corrected chi connectivity index (χ2v) is 25.6. The number of allylic oxidation sites excluding steroid dienone is 1. The van der Waals surface area contributed by atoms with Crippen molar-refractivity contribution in [1.82, 2.24) is 0 Å². The van der Waals surface area contributed by atoms with Crippen LogP contribution in [0.2, 0.25) is 0 Å².